The van der Waals surface area contributed by atoms with Crippen LogP contribution in [-0.2, 0) is 20.4 Å². The molecule has 1 aromatic carbocycles. The second kappa shape index (κ2) is 4.69. The van der Waals surface area contributed by atoms with Crippen molar-refractivity contribution in [3.63, 3.8) is 0 Å². The number of ether oxygens (including phenoxy) is 1. The van der Waals surface area contributed by atoms with Crippen molar-refractivity contribution in [1.29, 1.82) is 0 Å². The fourth-order valence-electron chi connectivity index (χ4n) is 2.36. The number of hydrogen-bond donors (Lipinski definition) is 0. The molecule has 2 heteroatoms. The molecule has 0 saturated carbocycles. The summed E-state index contributed by atoms with van der Waals surface area (Å²) in [6.07, 6.45) is 5.61. The summed E-state index contributed by atoms with van der Waals surface area (Å²) in [6.45, 7) is 10.3. The summed E-state index contributed by atoms with van der Waals surface area (Å²) in [5.74, 6) is -0.226. The Hall–Kier alpha value is -1.83. The topological polar surface area (TPSA) is 26.3 Å². The molecular weight excluding hydrogens is 236 g/mol. The number of carbonyl (C=O) groups is 1. The van der Waals surface area contributed by atoms with Crippen molar-refractivity contribution in [3.05, 3.63) is 60.4 Å². The molecule has 0 fully saturated rings. The molecule has 1 atom stereocenters. The molecule has 0 spiro atoms. The highest BCUT2D eigenvalue weighted by Crippen LogP contribution is 2.36. The summed E-state index contributed by atoms with van der Waals surface area (Å²) < 4.78 is 5.01. The minimum atomic E-state index is -0.696. The lowest BCUT2D eigenvalue weighted by atomic mass is 9.77. The van der Waals surface area contributed by atoms with Crippen molar-refractivity contribution in [3.8, 4) is 0 Å². The monoisotopic (exact) mass is 256 g/mol. The van der Waals surface area contributed by atoms with Crippen LogP contribution in [-0.4, -0.2) is 5.97 Å². The maximum Gasteiger partial charge on any atom is 0.325 e. The van der Waals surface area contributed by atoms with E-state index in [0.29, 0.717) is 6.42 Å². The average Bonchev–Trinajstić information content (AvgIpc) is 2.72. The molecule has 19 heavy (non-hydrogen) atoms. The molecule has 1 unspecified atom stereocenters. The van der Waals surface area contributed by atoms with Crippen molar-refractivity contribution in [2.45, 2.75) is 38.0 Å². The maximum atomic E-state index is 12.0. The van der Waals surface area contributed by atoms with Crippen LogP contribution in [0.25, 0.3) is 0 Å². The van der Waals surface area contributed by atoms with Gasteiger partial charge in [0, 0.05) is 0 Å². The van der Waals surface area contributed by atoms with Gasteiger partial charge in [-0.05, 0) is 29.0 Å². The summed E-state index contributed by atoms with van der Waals surface area (Å²) in [7, 11) is 0. The van der Waals surface area contributed by atoms with Crippen LogP contribution >= 0.6 is 0 Å². The fourth-order valence-corrected chi connectivity index (χ4v) is 2.36. The molecular formula is C17H20O2. The minimum absolute atomic E-state index is 0.107. The van der Waals surface area contributed by atoms with Crippen molar-refractivity contribution in [2.24, 2.45) is 0 Å². The number of cyclic esters (lactones) is 1. The molecule has 100 valence electrons. The summed E-state index contributed by atoms with van der Waals surface area (Å²) in [5, 5.41) is 0. The van der Waals surface area contributed by atoms with E-state index in [1.807, 2.05) is 18.2 Å². The highest BCUT2D eigenvalue weighted by Gasteiger charge is 2.41. The van der Waals surface area contributed by atoms with E-state index in [0.717, 1.165) is 5.56 Å². The largest absolute Gasteiger partial charge is 0.434 e. The summed E-state index contributed by atoms with van der Waals surface area (Å²) in [4.78, 5) is 12.0. The third-order valence-electron chi connectivity index (χ3n) is 3.62. The van der Waals surface area contributed by atoms with Crippen molar-refractivity contribution < 1.29 is 9.53 Å². The molecule has 0 amide bonds. The zero-order valence-corrected chi connectivity index (χ0v) is 11.8. The molecule has 2 nitrogen and oxygen atoms in total. The quantitative estimate of drug-likeness (QED) is 0.606. The van der Waals surface area contributed by atoms with Crippen LogP contribution < -0.4 is 0 Å². The zero-order valence-electron chi connectivity index (χ0n) is 11.8. The molecule has 1 aromatic rings. The maximum absolute atomic E-state index is 12.0. The lowest BCUT2D eigenvalue weighted by Crippen LogP contribution is -2.30. The van der Waals surface area contributed by atoms with E-state index in [-0.39, 0.29) is 11.4 Å². The molecule has 0 bridgehead atoms. The Bertz CT molecular complexity index is 517. The van der Waals surface area contributed by atoms with Gasteiger partial charge in [0.25, 0.3) is 0 Å². The Morgan fingerprint density at radius 3 is 2.32 bits per heavy atom. The van der Waals surface area contributed by atoms with Gasteiger partial charge in [-0.15, -0.1) is 6.58 Å². The van der Waals surface area contributed by atoms with Crippen LogP contribution in [0.3, 0.4) is 0 Å². The first kappa shape index (κ1) is 13.6. The first-order valence-electron chi connectivity index (χ1n) is 6.51. The molecule has 0 aliphatic carbocycles. The van der Waals surface area contributed by atoms with Gasteiger partial charge in [-0.3, -0.25) is 4.79 Å². The second-order valence-corrected chi connectivity index (χ2v) is 6.00. The Morgan fingerprint density at radius 1 is 1.26 bits per heavy atom. The van der Waals surface area contributed by atoms with Crippen molar-refractivity contribution in [1.82, 2.24) is 0 Å². The number of benzene rings is 1. The van der Waals surface area contributed by atoms with Crippen LogP contribution in [0.2, 0.25) is 0 Å². The van der Waals surface area contributed by atoms with Crippen LogP contribution in [0, 0.1) is 0 Å². The van der Waals surface area contributed by atoms with Gasteiger partial charge in [0.1, 0.15) is 5.41 Å². The Morgan fingerprint density at radius 2 is 1.89 bits per heavy atom. The fraction of sp³-hybridized carbons (Fsp3) is 0.353. The number of rotatable bonds is 3. The van der Waals surface area contributed by atoms with Crippen LogP contribution in [0.5, 0.6) is 0 Å². The molecule has 1 heterocycles. The van der Waals surface area contributed by atoms with E-state index in [9.17, 15) is 4.79 Å². The van der Waals surface area contributed by atoms with Gasteiger partial charge in [0.05, 0.1) is 6.26 Å². The Balaban J connectivity index is 2.42. The highest BCUT2D eigenvalue weighted by atomic mass is 16.5. The first-order valence-corrected chi connectivity index (χ1v) is 6.51. The standard InChI is InChI=1S/C17H20O2/c1-5-10-17(11-12-19-15(17)18)14-8-6-13(7-9-14)16(2,3)4/h5-9,11-12H,1,10H2,2-4H3. The van der Waals surface area contributed by atoms with Gasteiger partial charge in [-0.25, -0.2) is 0 Å². The average molecular weight is 256 g/mol. The number of hydrogen-bond acceptors (Lipinski definition) is 2. The summed E-state index contributed by atoms with van der Waals surface area (Å²) in [5.41, 5.74) is 1.62. The Labute approximate surface area is 114 Å². The summed E-state index contributed by atoms with van der Waals surface area (Å²) >= 11 is 0. The van der Waals surface area contributed by atoms with Gasteiger partial charge in [0.15, 0.2) is 0 Å². The van der Waals surface area contributed by atoms with E-state index in [1.54, 1.807) is 6.08 Å². The number of allylic oxidation sites excluding steroid dienone is 1. The number of esters is 1. The predicted molar refractivity (Wildman–Crippen MR) is 76.9 cm³/mol. The van der Waals surface area contributed by atoms with Crippen molar-refractivity contribution in [2.75, 3.05) is 0 Å². The predicted octanol–water partition coefficient (Wildman–Crippen LogP) is 3.87. The van der Waals surface area contributed by atoms with Gasteiger partial charge < -0.3 is 4.74 Å². The molecule has 2 rings (SSSR count). The minimum Gasteiger partial charge on any atom is -0.434 e. The van der Waals surface area contributed by atoms with E-state index in [4.69, 9.17) is 4.74 Å². The van der Waals surface area contributed by atoms with E-state index < -0.39 is 5.41 Å². The first-order chi connectivity index (χ1) is 8.90. The van der Waals surface area contributed by atoms with E-state index in [1.165, 1.54) is 11.8 Å². The highest BCUT2D eigenvalue weighted by molar-refractivity contribution is 5.88. The third kappa shape index (κ3) is 2.35. The van der Waals surface area contributed by atoms with Gasteiger partial charge >= 0.3 is 5.97 Å². The summed E-state index contributed by atoms with van der Waals surface area (Å²) in [6, 6.07) is 8.20. The zero-order chi connectivity index (χ0) is 14.1. The molecule has 1 aliphatic heterocycles. The van der Waals surface area contributed by atoms with Crippen LogP contribution in [0.4, 0.5) is 0 Å². The van der Waals surface area contributed by atoms with Crippen LogP contribution in [0.15, 0.2) is 49.3 Å². The SMILES string of the molecule is C=CCC1(c2ccc(C(C)(C)C)cc2)C=COC1=O. The normalized spacial score (nSPS) is 22.4. The van der Waals surface area contributed by atoms with Gasteiger partial charge in [-0.1, -0.05) is 51.1 Å². The van der Waals surface area contributed by atoms with Gasteiger partial charge in [-0.2, -0.15) is 0 Å². The third-order valence-corrected chi connectivity index (χ3v) is 3.62. The number of carbonyl (C=O) groups excluding carboxylic acids is 1. The van der Waals surface area contributed by atoms with Crippen LogP contribution in [0.1, 0.15) is 38.3 Å². The molecule has 0 saturated heterocycles. The second-order valence-electron chi connectivity index (χ2n) is 6.00. The van der Waals surface area contributed by atoms with E-state index in [2.05, 4.69) is 39.5 Å². The molecule has 0 N–H and O–H groups in total. The smallest absolute Gasteiger partial charge is 0.325 e. The lowest BCUT2D eigenvalue weighted by Gasteiger charge is -2.25. The van der Waals surface area contributed by atoms with E-state index >= 15 is 0 Å². The van der Waals surface area contributed by atoms with Gasteiger partial charge in [0.2, 0.25) is 0 Å². The molecule has 0 aromatic heterocycles. The lowest BCUT2D eigenvalue weighted by molar-refractivity contribution is -0.140. The van der Waals surface area contributed by atoms with Crippen molar-refractivity contribution >= 4 is 5.97 Å². The Kier molecular flexibility index (Phi) is 3.36. The molecule has 1 aliphatic rings. The molecule has 0 radical (unpaired) electrons.